The van der Waals surface area contributed by atoms with Gasteiger partial charge in [-0.2, -0.15) is 0 Å². The topological polar surface area (TPSA) is 42.0 Å². The molecule has 0 aliphatic heterocycles. The third kappa shape index (κ3) is 3.12. The number of halogens is 1. The van der Waals surface area contributed by atoms with E-state index in [0.29, 0.717) is 16.4 Å². The van der Waals surface area contributed by atoms with E-state index < -0.39 is 0 Å². The zero-order valence-corrected chi connectivity index (χ0v) is 11.9. The fraction of sp³-hybridized carbons (Fsp3) is 0.200. The third-order valence-electron chi connectivity index (χ3n) is 3.09. The van der Waals surface area contributed by atoms with Gasteiger partial charge in [-0.15, -0.1) is 0 Å². The highest BCUT2D eigenvalue weighted by Crippen LogP contribution is 2.18. The first-order valence-electron chi connectivity index (χ1n) is 5.98. The molecule has 0 bridgehead atoms. The van der Waals surface area contributed by atoms with Gasteiger partial charge in [0.05, 0.1) is 11.9 Å². The highest BCUT2D eigenvalue weighted by atomic mass is 35.5. The van der Waals surface area contributed by atoms with Gasteiger partial charge in [0.25, 0.3) is 5.91 Å². The first-order chi connectivity index (χ1) is 8.97. The molecule has 2 aromatic rings. The Morgan fingerprint density at radius 3 is 2.47 bits per heavy atom. The molecular weight excluding hydrogens is 260 g/mol. The quantitative estimate of drug-likeness (QED) is 0.844. The molecule has 0 aliphatic carbocycles. The molecule has 1 amide bonds. The number of aryl methyl sites for hydroxylation is 3. The van der Waals surface area contributed by atoms with Gasteiger partial charge in [0.15, 0.2) is 0 Å². The van der Waals surface area contributed by atoms with E-state index in [1.54, 1.807) is 12.3 Å². The van der Waals surface area contributed by atoms with Crippen molar-refractivity contribution < 1.29 is 4.79 Å². The largest absolute Gasteiger partial charge is 0.320 e. The van der Waals surface area contributed by atoms with Crippen LogP contribution in [0.5, 0.6) is 0 Å². The smallest absolute Gasteiger partial charge is 0.255 e. The third-order valence-corrected chi connectivity index (χ3v) is 3.30. The molecule has 1 heterocycles. The van der Waals surface area contributed by atoms with E-state index in [-0.39, 0.29) is 5.91 Å². The Morgan fingerprint density at radius 1 is 1.11 bits per heavy atom. The van der Waals surface area contributed by atoms with Gasteiger partial charge in [0.2, 0.25) is 0 Å². The lowest BCUT2D eigenvalue weighted by Gasteiger charge is -2.09. The number of rotatable bonds is 2. The van der Waals surface area contributed by atoms with Crippen molar-refractivity contribution in [3.8, 4) is 0 Å². The lowest BCUT2D eigenvalue weighted by atomic mass is 10.1. The minimum absolute atomic E-state index is 0.143. The van der Waals surface area contributed by atoms with Gasteiger partial charge in [0, 0.05) is 5.56 Å². The summed E-state index contributed by atoms with van der Waals surface area (Å²) in [5.74, 6) is -0.143. The van der Waals surface area contributed by atoms with Gasteiger partial charge >= 0.3 is 0 Å². The lowest BCUT2D eigenvalue weighted by Crippen LogP contribution is -2.13. The van der Waals surface area contributed by atoms with E-state index in [1.807, 2.05) is 39.0 Å². The Balaban J connectivity index is 2.23. The molecule has 98 valence electrons. The zero-order chi connectivity index (χ0) is 14.0. The minimum Gasteiger partial charge on any atom is -0.320 e. The van der Waals surface area contributed by atoms with Gasteiger partial charge in [-0.3, -0.25) is 4.79 Å². The summed E-state index contributed by atoms with van der Waals surface area (Å²) < 4.78 is 0. The fourth-order valence-electron chi connectivity index (χ4n) is 1.73. The molecule has 0 saturated heterocycles. The van der Waals surface area contributed by atoms with E-state index in [0.717, 1.165) is 11.1 Å². The molecule has 1 aromatic heterocycles. The first-order valence-corrected chi connectivity index (χ1v) is 6.36. The molecule has 19 heavy (non-hydrogen) atoms. The van der Waals surface area contributed by atoms with Crippen molar-refractivity contribution in [1.29, 1.82) is 0 Å². The number of nitrogens with one attached hydrogen (secondary N) is 1. The SMILES string of the molecule is Cc1ccc(C(=O)Nc2cnc(Cl)cc2C)cc1C. The van der Waals surface area contributed by atoms with Crippen LogP contribution in [0.1, 0.15) is 27.0 Å². The summed E-state index contributed by atoms with van der Waals surface area (Å²) in [4.78, 5) is 16.1. The second kappa shape index (κ2) is 5.41. The standard InChI is InChI=1S/C15H15ClN2O/c1-9-4-5-12(6-10(9)2)15(19)18-13-8-17-14(16)7-11(13)3/h4-8H,1-3H3,(H,18,19). The van der Waals surface area contributed by atoms with Gasteiger partial charge in [-0.25, -0.2) is 4.98 Å². The highest BCUT2D eigenvalue weighted by molar-refractivity contribution is 6.29. The van der Waals surface area contributed by atoms with Crippen molar-refractivity contribution in [3.05, 3.63) is 57.9 Å². The molecule has 0 unspecified atom stereocenters. The maximum atomic E-state index is 12.1. The Kier molecular flexibility index (Phi) is 3.86. The molecule has 1 aromatic carbocycles. The van der Waals surface area contributed by atoms with Crippen molar-refractivity contribution in [3.63, 3.8) is 0 Å². The summed E-state index contributed by atoms with van der Waals surface area (Å²) in [7, 11) is 0. The summed E-state index contributed by atoms with van der Waals surface area (Å²) in [5, 5.41) is 3.26. The summed E-state index contributed by atoms with van der Waals surface area (Å²) >= 11 is 5.78. The van der Waals surface area contributed by atoms with E-state index >= 15 is 0 Å². The van der Waals surface area contributed by atoms with E-state index in [1.165, 1.54) is 5.56 Å². The number of aromatic nitrogens is 1. The van der Waals surface area contributed by atoms with Crippen LogP contribution in [0.15, 0.2) is 30.5 Å². The van der Waals surface area contributed by atoms with Crippen LogP contribution < -0.4 is 5.32 Å². The highest BCUT2D eigenvalue weighted by Gasteiger charge is 2.09. The van der Waals surface area contributed by atoms with Crippen LogP contribution in [0.4, 0.5) is 5.69 Å². The molecule has 0 saturated carbocycles. The van der Waals surface area contributed by atoms with Crippen LogP contribution in [0.2, 0.25) is 5.15 Å². The second-order valence-electron chi connectivity index (χ2n) is 4.58. The Hall–Kier alpha value is -1.87. The maximum absolute atomic E-state index is 12.1. The number of pyridine rings is 1. The number of hydrogen-bond donors (Lipinski definition) is 1. The van der Waals surface area contributed by atoms with Crippen LogP contribution >= 0.6 is 11.6 Å². The van der Waals surface area contributed by atoms with Crippen molar-refractivity contribution in [2.45, 2.75) is 20.8 Å². The molecule has 0 spiro atoms. The monoisotopic (exact) mass is 274 g/mol. The predicted molar refractivity (Wildman–Crippen MR) is 77.9 cm³/mol. The summed E-state index contributed by atoms with van der Waals surface area (Å²) in [5.41, 5.74) is 4.46. The number of carbonyl (C=O) groups is 1. The minimum atomic E-state index is -0.143. The van der Waals surface area contributed by atoms with Crippen molar-refractivity contribution in [1.82, 2.24) is 4.98 Å². The molecule has 4 heteroatoms. The molecule has 1 N–H and O–H groups in total. The fourth-order valence-corrected chi connectivity index (χ4v) is 1.94. The van der Waals surface area contributed by atoms with Crippen molar-refractivity contribution >= 4 is 23.2 Å². The number of amides is 1. The van der Waals surface area contributed by atoms with Crippen molar-refractivity contribution in [2.75, 3.05) is 5.32 Å². The number of nitrogens with zero attached hydrogens (tertiary/aromatic N) is 1. The molecule has 2 rings (SSSR count). The molecule has 0 radical (unpaired) electrons. The van der Waals surface area contributed by atoms with Gasteiger partial charge in [-0.1, -0.05) is 17.7 Å². The molecule has 0 fully saturated rings. The summed E-state index contributed by atoms with van der Waals surface area (Å²) in [6, 6.07) is 7.36. The van der Waals surface area contributed by atoms with Gasteiger partial charge in [0.1, 0.15) is 5.15 Å². The Morgan fingerprint density at radius 2 is 1.84 bits per heavy atom. The lowest BCUT2D eigenvalue weighted by molar-refractivity contribution is 0.102. The average molecular weight is 275 g/mol. The summed E-state index contributed by atoms with van der Waals surface area (Å²) in [6.07, 6.45) is 1.57. The Bertz CT molecular complexity index is 638. The summed E-state index contributed by atoms with van der Waals surface area (Å²) in [6.45, 7) is 5.88. The van der Waals surface area contributed by atoms with Crippen LogP contribution in [0.25, 0.3) is 0 Å². The number of benzene rings is 1. The average Bonchev–Trinajstić information content (AvgIpc) is 2.36. The second-order valence-corrected chi connectivity index (χ2v) is 4.96. The zero-order valence-electron chi connectivity index (χ0n) is 11.1. The molecular formula is C15H15ClN2O. The van der Waals surface area contributed by atoms with E-state index in [2.05, 4.69) is 10.3 Å². The van der Waals surface area contributed by atoms with Crippen LogP contribution in [-0.2, 0) is 0 Å². The Labute approximate surface area is 117 Å². The van der Waals surface area contributed by atoms with Crippen LogP contribution in [-0.4, -0.2) is 10.9 Å². The van der Waals surface area contributed by atoms with E-state index in [9.17, 15) is 4.79 Å². The maximum Gasteiger partial charge on any atom is 0.255 e. The van der Waals surface area contributed by atoms with Crippen molar-refractivity contribution in [2.24, 2.45) is 0 Å². The normalized spacial score (nSPS) is 10.3. The number of carbonyl (C=O) groups excluding carboxylic acids is 1. The van der Waals surface area contributed by atoms with Gasteiger partial charge < -0.3 is 5.32 Å². The first kappa shape index (κ1) is 13.6. The number of anilines is 1. The predicted octanol–water partition coefficient (Wildman–Crippen LogP) is 3.91. The number of hydrogen-bond acceptors (Lipinski definition) is 2. The van der Waals surface area contributed by atoms with E-state index in [4.69, 9.17) is 11.6 Å². The molecule has 0 aliphatic rings. The van der Waals surface area contributed by atoms with Crippen LogP contribution in [0.3, 0.4) is 0 Å². The van der Waals surface area contributed by atoms with Gasteiger partial charge in [-0.05, 0) is 55.7 Å². The molecule has 0 atom stereocenters. The molecule has 3 nitrogen and oxygen atoms in total. The van der Waals surface area contributed by atoms with Crippen LogP contribution in [0, 0.1) is 20.8 Å².